The summed E-state index contributed by atoms with van der Waals surface area (Å²) in [6.45, 7) is 0. The first-order valence-electron chi connectivity index (χ1n) is 9.39. The molecular formula is C23H14N4O4. The lowest BCUT2D eigenvalue weighted by Crippen LogP contribution is -2.07. The van der Waals surface area contributed by atoms with Gasteiger partial charge in [0.25, 0.3) is 5.69 Å². The van der Waals surface area contributed by atoms with E-state index in [2.05, 4.69) is 10.2 Å². The number of fused-ring (bicyclic) bond motifs is 1. The molecule has 1 aromatic heterocycles. The van der Waals surface area contributed by atoms with Crippen LogP contribution in [0.3, 0.4) is 0 Å². The van der Waals surface area contributed by atoms with Crippen molar-refractivity contribution in [2.45, 2.75) is 0 Å². The maximum absolute atomic E-state index is 13.1. The number of carbonyl (C=O) groups excluding carboxylic acids is 1. The van der Waals surface area contributed by atoms with E-state index in [0.29, 0.717) is 22.6 Å². The van der Waals surface area contributed by atoms with E-state index >= 15 is 0 Å². The summed E-state index contributed by atoms with van der Waals surface area (Å²) in [5.41, 5.74) is 2.05. The average molecular weight is 410 g/mol. The summed E-state index contributed by atoms with van der Waals surface area (Å²) in [6.07, 6.45) is 0. The van der Waals surface area contributed by atoms with E-state index in [1.54, 1.807) is 41.0 Å². The number of nitro groups is 1. The van der Waals surface area contributed by atoms with Crippen molar-refractivity contribution in [2.24, 2.45) is 0 Å². The van der Waals surface area contributed by atoms with Gasteiger partial charge in [0.15, 0.2) is 11.6 Å². The number of nitro benzene ring substituents is 1. The van der Waals surface area contributed by atoms with Crippen molar-refractivity contribution in [3.8, 4) is 17.1 Å². The lowest BCUT2D eigenvalue weighted by molar-refractivity contribution is -0.384. The van der Waals surface area contributed by atoms with Crippen LogP contribution in [0.1, 0.15) is 21.7 Å². The Balaban J connectivity index is 1.75. The number of nitrogens with zero attached hydrogens (tertiary/aromatic N) is 4. The van der Waals surface area contributed by atoms with E-state index in [-0.39, 0.29) is 28.6 Å². The van der Waals surface area contributed by atoms with E-state index < -0.39 is 4.92 Å². The van der Waals surface area contributed by atoms with Crippen molar-refractivity contribution in [3.63, 3.8) is 0 Å². The van der Waals surface area contributed by atoms with Crippen molar-refractivity contribution in [3.05, 3.63) is 106 Å². The second kappa shape index (κ2) is 7.03. The van der Waals surface area contributed by atoms with Crippen molar-refractivity contribution in [2.75, 3.05) is 0 Å². The summed E-state index contributed by atoms with van der Waals surface area (Å²) < 4.78 is 1.62. The number of carbonyl (C=O) groups is 1. The number of Topliss-reactive ketones (excluding diaryl/α,β-unsaturated/α-hetero) is 1. The molecular weight excluding hydrogens is 396 g/mol. The minimum atomic E-state index is -0.486. The van der Waals surface area contributed by atoms with Gasteiger partial charge in [-0.25, -0.2) is 0 Å². The van der Waals surface area contributed by atoms with Crippen molar-refractivity contribution < 1.29 is 14.8 Å². The standard InChI is InChI=1S/C23H14N4O4/c28-20-17-8-4-5-9-18(17)21(29)19(20)23-25-24-22(14-6-2-1-3-7-14)26(23)15-10-12-16(13-11-15)27(30)31/h1-13,28H. The van der Waals surface area contributed by atoms with Crippen LogP contribution in [0.4, 0.5) is 5.69 Å². The number of non-ortho nitro benzene ring substituents is 1. The first kappa shape index (κ1) is 18.4. The molecule has 1 aliphatic carbocycles. The molecule has 4 aromatic rings. The Hall–Kier alpha value is -4.59. The van der Waals surface area contributed by atoms with Gasteiger partial charge in [0, 0.05) is 34.5 Å². The van der Waals surface area contributed by atoms with E-state index in [9.17, 15) is 20.0 Å². The van der Waals surface area contributed by atoms with Gasteiger partial charge >= 0.3 is 0 Å². The lowest BCUT2D eigenvalue weighted by atomic mass is 10.1. The summed E-state index contributed by atoms with van der Waals surface area (Å²) in [6, 6.07) is 21.9. The zero-order chi connectivity index (χ0) is 21.5. The molecule has 1 heterocycles. The molecule has 0 atom stereocenters. The summed E-state index contributed by atoms with van der Waals surface area (Å²) >= 11 is 0. The van der Waals surface area contributed by atoms with Crippen LogP contribution >= 0.6 is 0 Å². The molecule has 8 heteroatoms. The predicted octanol–water partition coefficient (Wildman–Crippen LogP) is 4.47. The second-order valence-electron chi connectivity index (χ2n) is 6.92. The van der Waals surface area contributed by atoms with Gasteiger partial charge in [-0.1, -0.05) is 54.6 Å². The highest BCUT2D eigenvalue weighted by Crippen LogP contribution is 2.38. The summed E-state index contributed by atoms with van der Waals surface area (Å²) in [5.74, 6) is 0.0685. The van der Waals surface area contributed by atoms with Crippen LogP contribution in [-0.2, 0) is 0 Å². The quantitative estimate of drug-likeness (QED) is 0.393. The molecule has 0 fully saturated rings. The van der Waals surface area contributed by atoms with Crippen LogP contribution < -0.4 is 0 Å². The molecule has 5 rings (SSSR count). The van der Waals surface area contributed by atoms with E-state index in [1.807, 2.05) is 30.3 Å². The number of ketones is 1. The highest BCUT2D eigenvalue weighted by molar-refractivity contribution is 6.38. The maximum atomic E-state index is 13.1. The summed E-state index contributed by atoms with van der Waals surface area (Å²) in [5, 5.41) is 30.4. The third-order valence-corrected chi connectivity index (χ3v) is 5.13. The van der Waals surface area contributed by atoms with Crippen LogP contribution in [0.25, 0.3) is 28.4 Å². The molecule has 0 bridgehead atoms. The molecule has 1 N–H and O–H groups in total. The molecule has 3 aromatic carbocycles. The molecule has 0 saturated carbocycles. The van der Waals surface area contributed by atoms with Crippen LogP contribution in [0.15, 0.2) is 78.9 Å². The van der Waals surface area contributed by atoms with Gasteiger partial charge < -0.3 is 5.11 Å². The van der Waals surface area contributed by atoms with Crippen molar-refractivity contribution in [1.82, 2.24) is 14.8 Å². The van der Waals surface area contributed by atoms with Crippen molar-refractivity contribution in [1.29, 1.82) is 0 Å². The second-order valence-corrected chi connectivity index (χ2v) is 6.92. The van der Waals surface area contributed by atoms with Gasteiger partial charge in [0.1, 0.15) is 11.3 Å². The van der Waals surface area contributed by atoms with Gasteiger partial charge in [-0.2, -0.15) is 0 Å². The fourth-order valence-electron chi connectivity index (χ4n) is 3.66. The third kappa shape index (κ3) is 2.89. The Morgan fingerprint density at radius 3 is 2.06 bits per heavy atom. The van der Waals surface area contributed by atoms with E-state index in [1.165, 1.54) is 12.1 Å². The average Bonchev–Trinajstić information content (AvgIpc) is 3.34. The zero-order valence-corrected chi connectivity index (χ0v) is 16.0. The molecule has 31 heavy (non-hydrogen) atoms. The fourth-order valence-corrected chi connectivity index (χ4v) is 3.66. The van der Waals surface area contributed by atoms with Gasteiger partial charge in [-0.3, -0.25) is 19.5 Å². The molecule has 0 radical (unpaired) electrons. The van der Waals surface area contributed by atoms with Gasteiger partial charge in [-0.15, -0.1) is 10.2 Å². The Morgan fingerprint density at radius 1 is 0.806 bits per heavy atom. The molecule has 1 aliphatic rings. The predicted molar refractivity (Wildman–Crippen MR) is 114 cm³/mol. The number of rotatable bonds is 4. The van der Waals surface area contributed by atoms with Crippen LogP contribution in [0, 0.1) is 10.1 Å². The van der Waals surface area contributed by atoms with Gasteiger partial charge in [-0.05, 0) is 12.1 Å². The smallest absolute Gasteiger partial charge is 0.269 e. The van der Waals surface area contributed by atoms with Crippen LogP contribution in [-0.4, -0.2) is 30.6 Å². The monoisotopic (exact) mass is 410 g/mol. The Bertz CT molecular complexity index is 1370. The number of aliphatic hydroxyl groups is 1. The molecule has 0 saturated heterocycles. The number of aromatic nitrogens is 3. The minimum Gasteiger partial charge on any atom is -0.506 e. The highest BCUT2D eigenvalue weighted by Gasteiger charge is 2.34. The zero-order valence-electron chi connectivity index (χ0n) is 16.0. The van der Waals surface area contributed by atoms with Crippen LogP contribution in [0.5, 0.6) is 0 Å². The molecule has 8 nitrogen and oxygen atoms in total. The number of allylic oxidation sites excluding steroid dienone is 1. The molecule has 0 amide bonds. The SMILES string of the molecule is O=C1C(c2nnc(-c3ccccc3)n2-c2ccc([N+](=O)[O-])cc2)=C(O)c2ccccc21. The van der Waals surface area contributed by atoms with E-state index in [4.69, 9.17) is 0 Å². The lowest BCUT2D eigenvalue weighted by Gasteiger charge is -2.11. The Kier molecular flexibility index (Phi) is 4.18. The van der Waals surface area contributed by atoms with Gasteiger partial charge in [0.2, 0.25) is 5.78 Å². The number of hydrogen-bond acceptors (Lipinski definition) is 6. The first-order valence-corrected chi connectivity index (χ1v) is 9.39. The molecule has 150 valence electrons. The molecule has 0 spiro atoms. The Morgan fingerprint density at radius 2 is 1.42 bits per heavy atom. The van der Waals surface area contributed by atoms with Crippen LogP contribution in [0.2, 0.25) is 0 Å². The Labute approximate surface area is 175 Å². The van der Waals surface area contributed by atoms with Gasteiger partial charge in [0.05, 0.1) is 4.92 Å². The van der Waals surface area contributed by atoms with E-state index in [0.717, 1.165) is 5.56 Å². The minimum absolute atomic E-state index is 0.0363. The topological polar surface area (TPSA) is 111 Å². The highest BCUT2D eigenvalue weighted by atomic mass is 16.6. The molecule has 0 aliphatic heterocycles. The normalized spacial score (nSPS) is 12.8. The maximum Gasteiger partial charge on any atom is 0.269 e. The third-order valence-electron chi connectivity index (χ3n) is 5.13. The summed E-state index contributed by atoms with van der Waals surface area (Å²) in [7, 11) is 0. The first-order chi connectivity index (χ1) is 15.1. The number of benzene rings is 3. The summed E-state index contributed by atoms with van der Waals surface area (Å²) in [4.78, 5) is 23.7. The number of aliphatic hydroxyl groups excluding tert-OH is 1. The number of hydrogen-bond donors (Lipinski definition) is 1. The molecule has 0 unspecified atom stereocenters. The fraction of sp³-hybridized carbons (Fsp3) is 0. The van der Waals surface area contributed by atoms with Crippen molar-refractivity contribution >= 4 is 22.8 Å². The largest absolute Gasteiger partial charge is 0.506 e.